The van der Waals surface area contributed by atoms with Crippen molar-refractivity contribution in [2.24, 2.45) is 7.05 Å². The van der Waals surface area contributed by atoms with Crippen LogP contribution in [0.5, 0.6) is 5.75 Å². The van der Waals surface area contributed by atoms with Gasteiger partial charge < -0.3 is 9.30 Å². The SMILES string of the molecule is CC(=O)c1ccccc1OCc1nncn1C. The van der Waals surface area contributed by atoms with E-state index in [1.165, 1.54) is 6.92 Å². The summed E-state index contributed by atoms with van der Waals surface area (Å²) >= 11 is 0. The Bertz CT molecular complexity index is 534. The summed E-state index contributed by atoms with van der Waals surface area (Å²) in [6.07, 6.45) is 1.61. The predicted octanol–water partition coefficient (Wildman–Crippen LogP) is 1.60. The van der Waals surface area contributed by atoms with E-state index in [4.69, 9.17) is 4.74 Å². The molecule has 0 aliphatic carbocycles. The maximum atomic E-state index is 11.4. The first-order valence-electron chi connectivity index (χ1n) is 5.24. The first-order chi connectivity index (χ1) is 8.18. The molecular formula is C12H13N3O2. The van der Waals surface area contributed by atoms with E-state index >= 15 is 0 Å². The Morgan fingerprint density at radius 2 is 2.18 bits per heavy atom. The van der Waals surface area contributed by atoms with Crippen molar-refractivity contribution in [1.29, 1.82) is 0 Å². The van der Waals surface area contributed by atoms with Gasteiger partial charge in [-0.05, 0) is 19.1 Å². The molecule has 0 bridgehead atoms. The number of aromatic nitrogens is 3. The number of benzene rings is 1. The van der Waals surface area contributed by atoms with Gasteiger partial charge in [0, 0.05) is 7.05 Å². The number of nitrogens with zero attached hydrogens (tertiary/aromatic N) is 3. The van der Waals surface area contributed by atoms with Gasteiger partial charge in [-0.1, -0.05) is 12.1 Å². The molecule has 0 unspecified atom stereocenters. The molecule has 0 saturated carbocycles. The molecule has 0 aliphatic rings. The highest BCUT2D eigenvalue weighted by molar-refractivity contribution is 5.96. The second-order valence-corrected chi connectivity index (χ2v) is 3.70. The Morgan fingerprint density at radius 3 is 2.82 bits per heavy atom. The number of ether oxygens (including phenoxy) is 1. The fourth-order valence-electron chi connectivity index (χ4n) is 1.46. The standard InChI is InChI=1S/C12H13N3O2/c1-9(16)10-5-3-4-6-11(10)17-7-12-14-13-8-15(12)2/h3-6,8H,7H2,1-2H3. The van der Waals surface area contributed by atoms with Crippen LogP contribution in [0.15, 0.2) is 30.6 Å². The van der Waals surface area contributed by atoms with E-state index in [0.717, 1.165) is 0 Å². The summed E-state index contributed by atoms with van der Waals surface area (Å²) in [7, 11) is 1.84. The zero-order chi connectivity index (χ0) is 12.3. The van der Waals surface area contributed by atoms with Crippen LogP contribution in [0.1, 0.15) is 23.1 Å². The van der Waals surface area contributed by atoms with Crippen molar-refractivity contribution < 1.29 is 9.53 Å². The first kappa shape index (κ1) is 11.3. The number of rotatable bonds is 4. The lowest BCUT2D eigenvalue weighted by atomic mass is 10.1. The summed E-state index contributed by atoms with van der Waals surface area (Å²) in [6.45, 7) is 1.81. The molecule has 1 aromatic heterocycles. The van der Waals surface area contributed by atoms with Gasteiger partial charge in [0.25, 0.3) is 0 Å². The third kappa shape index (κ3) is 2.50. The average Bonchev–Trinajstić information content (AvgIpc) is 2.72. The number of para-hydroxylation sites is 1. The summed E-state index contributed by atoms with van der Waals surface area (Å²) < 4.78 is 7.35. The molecule has 0 radical (unpaired) electrons. The lowest BCUT2D eigenvalue weighted by Gasteiger charge is -2.08. The molecular weight excluding hydrogens is 218 g/mol. The van der Waals surface area contributed by atoms with Crippen LogP contribution < -0.4 is 4.74 Å². The Kier molecular flexibility index (Phi) is 3.18. The first-order valence-corrected chi connectivity index (χ1v) is 5.24. The van der Waals surface area contributed by atoms with Crippen LogP contribution in [-0.2, 0) is 13.7 Å². The van der Waals surface area contributed by atoms with E-state index in [0.29, 0.717) is 23.7 Å². The van der Waals surface area contributed by atoms with Gasteiger partial charge in [0.15, 0.2) is 11.6 Å². The van der Waals surface area contributed by atoms with Gasteiger partial charge in [0.05, 0.1) is 5.56 Å². The van der Waals surface area contributed by atoms with Crippen LogP contribution >= 0.6 is 0 Å². The van der Waals surface area contributed by atoms with Gasteiger partial charge in [0.2, 0.25) is 0 Å². The summed E-state index contributed by atoms with van der Waals surface area (Å²) in [5.41, 5.74) is 0.578. The highest BCUT2D eigenvalue weighted by Crippen LogP contribution is 2.19. The minimum absolute atomic E-state index is 0.0152. The monoisotopic (exact) mass is 231 g/mol. The third-order valence-corrected chi connectivity index (χ3v) is 2.43. The quantitative estimate of drug-likeness (QED) is 0.750. The normalized spacial score (nSPS) is 10.2. The van der Waals surface area contributed by atoms with Gasteiger partial charge in [-0.25, -0.2) is 0 Å². The molecule has 0 saturated heterocycles. The molecule has 17 heavy (non-hydrogen) atoms. The maximum Gasteiger partial charge on any atom is 0.170 e. The lowest BCUT2D eigenvalue weighted by molar-refractivity contribution is 0.101. The van der Waals surface area contributed by atoms with E-state index < -0.39 is 0 Å². The number of ketones is 1. The average molecular weight is 231 g/mol. The zero-order valence-corrected chi connectivity index (χ0v) is 9.75. The van der Waals surface area contributed by atoms with Gasteiger partial charge in [-0.15, -0.1) is 10.2 Å². The van der Waals surface area contributed by atoms with Crippen molar-refractivity contribution in [3.05, 3.63) is 42.0 Å². The van der Waals surface area contributed by atoms with Crippen LogP contribution in [0.25, 0.3) is 0 Å². The zero-order valence-electron chi connectivity index (χ0n) is 9.75. The van der Waals surface area contributed by atoms with E-state index in [-0.39, 0.29) is 5.78 Å². The predicted molar refractivity (Wildman–Crippen MR) is 61.8 cm³/mol. The maximum absolute atomic E-state index is 11.4. The second-order valence-electron chi connectivity index (χ2n) is 3.70. The minimum atomic E-state index is -0.0152. The van der Waals surface area contributed by atoms with E-state index in [1.54, 1.807) is 23.0 Å². The molecule has 0 fully saturated rings. The lowest BCUT2D eigenvalue weighted by Crippen LogP contribution is -2.05. The molecule has 2 aromatic rings. The number of Topliss-reactive ketones (excluding diaryl/α,β-unsaturated/α-hetero) is 1. The number of carbonyl (C=O) groups is 1. The summed E-state index contributed by atoms with van der Waals surface area (Å²) in [4.78, 5) is 11.4. The Labute approximate surface area is 99.1 Å². The van der Waals surface area contributed by atoms with Crippen LogP contribution in [0.4, 0.5) is 0 Å². The van der Waals surface area contributed by atoms with Gasteiger partial charge in [-0.3, -0.25) is 4.79 Å². The molecule has 0 atom stereocenters. The number of hydrogen-bond acceptors (Lipinski definition) is 4. The fourth-order valence-corrected chi connectivity index (χ4v) is 1.46. The molecule has 0 spiro atoms. The van der Waals surface area contributed by atoms with Crippen molar-refractivity contribution in [2.75, 3.05) is 0 Å². The van der Waals surface area contributed by atoms with Crippen LogP contribution in [0.3, 0.4) is 0 Å². The smallest absolute Gasteiger partial charge is 0.170 e. The molecule has 5 nitrogen and oxygen atoms in total. The molecule has 1 heterocycles. The highest BCUT2D eigenvalue weighted by Gasteiger charge is 2.08. The molecule has 0 amide bonds. The molecule has 88 valence electrons. The van der Waals surface area contributed by atoms with Crippen molar-refractivity contribution in [2.45, 2.75) is 13.5 Å². The Morgan fingerprint density at radius 1 is 1.41 bits per heavy atom. The topological polar surface area (TPSA) is 57.0 Å². The van der Waals surface area contributed by atoms with Crippen LogP contribution in [-0.4, -0.2) is 20.5 Å². The van der Waals surface area contributed by atoms with Gasteiger partial charge >= 0.3 is 0 Å². The highest BCUT2D eigenvalue weighted by atomic mass is 16.5. The summed E-state index contributed by atoms with van der Waals surface area (Å²) in [5.74, 6) is 1.27. The van der Waals surface area contributed by atoms with Gasteiger partial charge in [-0.2, -0.15) is 0 Å². The third-order valence-electron chi connectivity index (χ3n) is 2.43. The minimum Gasteiger partial charge on any atom is -0.485 e. The fraction of sp³-hybridized carbons (Fsp3) is 0.250. The Balaban J connectivity index is 2.14. The molecule has 0 aliphatic heterocycles. The van der Waals surface area contributed by atoms with E-state index in [2.05, 4.69) is 10.2 Å². The largest absolute Gasteiger partial charge is 0.485 e. The van der Waals surface area contributed by atoms with E-state index in [9.17, 15) is 4.79 Å². The number of carbonyl (C=O) groups excluding carboxylic acids is 1. The number of aryl methyl sites for hydroxylation is 1. The van der Waals surface area contributed by atoms with Crippen molar-refractivity contribution in [3.8, 4) is 5.75 Å². The van der Waals surface area contributed by atoms with Crippen molar-refractivity contribution in [1.82, 2.24) is 14.8 Å². The number of hydrogen-bond donors (Lipinski definition) is 0. The molecule has 5 heteroatoms. The van der Waals surface area contributed by atoms with Crippen LogP contribution in [0.2, 0.25) is 0 Å². The summed E-state index contributed by atoms with van der Waals surface area (Å²) in [6, 6.07) is 7.16. The van der Waals surface area contributed by atoms with Crippen LogP contribution in [0, 0.1) is 0 Å². The van der Waals surface area contributed by atoms with Crippen molar-refractivity contribution in [3.63, 3.8) is 0 Å². The Hall–Kier alpha value is -2.17. The molecule has 0 N–H and O–H groups in total. The van der Waals surface area contributed by atoms with Crippen molar-refractivity contribution >= 4 is 5.78 Å². The molecule has 1 aromatic carbocycles. The molecule has 2 rings (SSSR count). The van der Waals surface area contributed by atoms with E-state index in [1.807, 2.05) is 19.2 Å². The van der Waals surface area contributed by atoms with Gasteiger partial charge in [0.1, 0.15) is 18.7 Å². The second kappa shape index (κ2) is 4.78. The summed E-state index contributed by atoms with van der Waals surface area (Å²) in [5, 5.41) is 7.67.